The van der Waals surface area contributed by atoms with Gasteiger partial charge < -0.3 is 15.6 Å². The molecule has 0 spiro atoms. The van der Waals surface area contributed by atoms with E-state index in [4.69, 9.17) is 15.6 Å². The molecule has 4 nitrogen and oxygen atoms in total. The second kappa shape index (κ2) is 5.14. The molecule has 5 heteroatoms. The number of ether oxygens (including phenoxy) is 1. The summed E-state index contributed by atoms with van der Waals surface area (Å²) in [5.41, 5.74) is 6.49. The van der Waals surface area contributed by atoms with Crippen molar-refractivity contribution in [1.82, 2.24) is 0 Å². The molecule has 1 aromatic carbocycles. The molecule has 0 aromatic heterocycles. The van der Waals surface area contributed by atoms with Gasteiger partial charge >= 0.3 is 5.97 Å². The quantitative estimate of drug-likeness (QED) is 0.880. The van der Waals surface area contributed by atoms with Gasteiger partial charge in [-0.1, -0.05) is 15.9 Å². The first-order chi connectivity index (χ1) is 7.04. The minimum atomic E-state index is -0.919. The number of rotatable bonds is 4. The fourth-order valence-electron chi connectivity index (χ4n) is 1.23. The molecule has 0 aliphatic rings. The lowest BCUT2D eigenvalue weighted by Gasteiger charge is -2.12. The second-order valence-corrected chi connectivity index (χ2v) is 3.95. The average molecular weight is 274 g/mol. The molecule has 15 heavy (non-hydrogen) atoms. The molecule has 0 amide bonds. The lowest BCUT2D eigenvalue weighted by atomic mass is 10.0. The molecule has 1 aromatic rings. The van der Waals surface area contributed by atoms with Gasteiger partial charge in [0.05, 0.1) is 13.5 Å². The van der Waals surface area contributed by atoms with Gasteiger partial charge in [-0.15, -0.1) is 0 Å². The normalized spacial score (nSPS) is 12.2. The number of nitrogens with two attached hydrogens (primary N) is 1. The first kappa shape index (κ1) is 12.0. The summed E-state index contributed by atoms with van der Waals surface area (Å²) in [5.74, 6) is -0.258. The summed E-state index contributed by atoms with van der Waals surface area (Å²) in [6, 6.07) is 4.77. The summed E-state index contributed by atoms with van der Waals surface area (Å²) < 4.78 is 5.83. The fourth-order valence-corrected chi connectivity index (χ4v) is 1.77. The largest absolute Gasteiger partial charge is 0.497 e. The van der Waals surface area contributed by atoms with Crippen molar-refractivity contribution in [2.24, 2.45) is 5.73 Å². The number of carboxylic acid groups (broad SMARTS) is 1. The summed E-state index contributed by atoms with van der Waals surface area (Å²) in [5, 5.41) is 8.64. The van der Waals surface area contributed by atoms with Crippen LogP contribution < -0.4 is 10.5 Å². The van der Waals surface area contributed by atoms with Crippen molar-refractivity contribution >= 4 is 21.9 Å². The van der Waals surface area contributed by atoms with Gasteiger partial charge in [0, 0.05) is 10.5 Å². The van der Waals surface area contributed by atoms with Crippen molar-refractivity contribution in [3.8, 4) is 5.75 Å². The fraction of sp³-hybridized carbons (Fsp3) is 0.300. The average Bonchev–Trinajstić information content (AvgIpc) is 2.17. The van der Waals surface area contributed by atoms with Gasteiger partial charge in [-0.25, -0.2) is 0 Å². The van der Waals surface area contributed by atoms with Crippen LogP contribution in [0.1, 0.15) is 18.0 Å². The lowest BCUT2D eigenvalue weighted by molar-refractivity contribution is -0.137. The smallest absolute Gasteiger partial charge is 0.305 e. The summed E-state index contributed by atoms with van der Waals surface area (Å²) in [6.07, 6.45) is -0.105. The molecule has 0 aliphatic carbocycles. The summed E-state index contributed by atoms with van der Waals surface area (Å²) in [7, 11) is 1.55. The van der Waals surface area contributed by atoms with Crippen LogP contribution in [0.3, 0.4) is 0 Å². The van der Waals surface area contributed by atoms with E-state index in [-0.39, 0.29) is 6.42 Å². The van der Waals surface area contributed by atoms with Crippen LogP contribution in [-0.2, 0) is 4.79 Å². The van der Waals surface area contributed by atoms with Crippen LogP contribution in [0.2, 0.25) is 0 Å². The minimum Gasteiger partial charge on any atom is -0.497 e. The Morgan fingerprint density at radius 2 is 2.33 bits per heavy atom. The molecule has 0 heterocycles. The van der Waals surface area contributed by atoms with Crippen molar-refractivity contribution in [2.45, 2.75) is 12.5 Å². The molecule has 0 fully saturated rings. The Morgan fingerprint density at radius 3 is 2.87 bits per heavy atom. The van der Waals surface area contributed by atoms with Gasteiger partial charge in [0.1, 0.15) is 5.75 Å². The number of methoxy groups -OCH3 is 1. The Balaban J connectivity index is 2.95. The highest BCUT2D eigenvalue weighted by molar-refractivity contribution is 9.10. The summed E-state index contributed by atoms with van der Waals surface area (Å²) in [4.78, 5) is 10.5. The molecular weight excluding hydrogens is 262 g/mol. The van der Waals surface area contributed by atoms with Crippen LogP contribution >= 0.6 is 15.9 Å². The topological polar surface area (TPSA) is 72.5 Å². The van der Waals surface area contributed by atoms with Crippen LogP contribution in [0.15, 0.2) is 22.7 Å². The molecule has 0 radical (unpaired) electrons. The molecule has 3 N–H and O–H groups in total. The third-order valence-electron chi connectivity index (χ3n) is 2.00. The molecular formula is C10H12BrNO3. The van der Waals surface area contributed by atoms with Crippen LogP contribution in [0, 0.1) is 0 Å². The van der Waals surface area contributed by atoms with Gasteiger partial charge in [-0.05, 0) is 23.8 Å². The number of carboxylic acids is 1. The van der Waals surface area contributed by atoms with E-state index in [1.807, 2.05) is 0 Å². The van der Waals surface area contributed by atoms with E-state index >= 15 is 0 Å². The van der Waals surface area contributed by atoms with Crippen LogP contribution in [0.25, 0.3) is 0 Å². The molecule has 0 aliphatic heterocycles. The van der Waals surface area contributed by atoms with E-state index in [0.29, 0.717) is 5.75 Å². The number of halogens is 1. The highest BCUT2D eigenvalue weighted by atomic mass is 79.9. The van der Waals surface area contributed by atoms with Crippen molar-refractivity contribution in [3.05, 3.63) is 28.2 Å². The van der Waals surface area contributed by atoms with Crippen molar-refractivity contribution in [3.63, 3.8) is 0 Å². The van der Waals surface area contributed by atoms with Crippen LogP contribution in [0.4, 0.5) is 0 Å². The predicted molar refractivity (Wildman–Crippen MR) is 59.9 cm³/mol. The molecule has 1 rings (SSSR count). The maximum atomic E-state index is 10.5. The van der Waals surface area contributed by atoms with Gasteiger partial charge in [0.15, 0.2) is 0 Å². The maximum absolute atomic E-state index is 10.5. The van der Waals surface area contributed by atoms with Gasteiger partial charge in [0.2, 0.25) is 0 Å². The maximum Gasteiger partial charge on any atom is 0.305 e. The number of aliphatic carboxylic acids is 1. The number of hydrogen-bond acceptors (Lipinski definition) is 3. The molecule has 82 valence electrons. The number of carbonyl (C=O) groups is 1. The van der Waals surface area contributed by atoms with E-state index in [2.05, 4.69) is 15.9 Å². The SMILES string of the molecule is COc1ccc(Br)c([C@@H](N)CC(=O)O)c1. The van der Waals surface area contributed by atoms with E-state index in [1.165, 1.54) is 0 Å². The second-order valence-electron chi connectivity index (χ2n) is 3.09. The number of hydrogen-bond donors (Lipinski definition) is 2. The molecule has 0 unspecified atom stereocenters. The van der Waals surface area contributed by atoms with Crippen molar-refractivity contribution in [2.75, 3.05) is 7.11 Å². The van der Waals surface area contributed by atoms with Gasteiger partial charge in [-0.2, -0.15) is 0 Å². The molecule has 0 saturated heterocycles. The Bertz CT molecular complexity index is 368. The highest BCUT2D eigenvalue weighted by Gasteiger charge is 2.14. The van der Waals surface area contributed by atoms with Crippen LogP contribution in [-0.4, -0.2) is 18.2 Å². The van der Waals surface area contributed by atoms with E-state index < -0.39 is 12.0 Å². The Kier molecular flexibility index (Phi) is 4.11. The van der Waals surface area contributed by atoms with Gasteiger partial charge in [0.25, 0.3) is 0 Å². The Morgan fingerprint density at radius 1 is 1.67 bits per heavy atom. The molecule has 0 bridgehead atoms. The third-order valence-corrected chi connectivity index (χ3v) is 2.72. The summed E-state index contributed by atoms with van der Waals surface area (Å²) >= 11 is 3.32. The zero-order valence-electron chi connectivity index (χ0n) is 8.24. The monoisotopic (exact) mass is 273 g/mol. The molecule has 0 saturated carbocycles. The molecule has 1 atom stereocenters. The zero-order valence-corrected chi connectivity index (χ0v) is 9.82. The lowest BCUT2D eigenvalue weighted by Crippen LogP contribution is -2.15. The standard InChI is InChI=1S/C10H12BrNO3/c1-15-6-2-3-8(11)7(4-6)9(12)5-10(13)14/h2-4,9H,5,12H2,1H3,(H,13,14)/t9-/m0/s1. The summed E-state index contributed by atoms with van der Waals surface area (Å²) in [6.45, 7) is 0. The Hall–Kier alpha value is -1.07. The van der Waals surface area contributed by atoms with Crippen LogP contribution in [0.5, 0.6) is 5.75 Å². The predicted octanol–water partition coefficient (Wildman–Crippen LogP) is 1.93. The Labute approximate surface area is 96.2 Å². The van der Waals surface area contributed by atoms with E-state index in [1.54, 1.807) is 25.3 Å². The van der Waals surface area contributed by atoms with E-state index in [9.17, 15) is 4.79 Å². The zero-order chi connectivity index (χ0) is 11.4. The van der Waals surface area contributed by atoms with Gasteiger partial charge in [-0.3, -0.25) is 4.79 Å². The van der Waals surface area contributed by atoms with E-state index in [0.717, 1.165) is 10.0 Å². The van der Waals surface area contributed by atoms with Crippen molar-refractivity contribution in [1.29, 1.82) is 0 Å². The highest BCUT2D eigenvalue weighted by Crippen LogP contribution is 2.28. The number of benzene rings is 1. The first-order valence-corrected chi connectivity index (χ1v) is 5.14. The first-order valence-electron chi connectivity index (χ1n) is 4.35. The minimum absolute atomic E-state index is 0.105. The van der Waals surface area contributed by atoms with Crippen molar-refractivity contribution < 1.29 is 14.6 Å². The third kappa shape index (κ3) is 3.21.